The Morgan fingerprint density at radius 1 is 1.33 bits per heavy atom. The summed E-state index contributed by atoms with van der Waals surface area (Å²) < 4.78 is 5.18. The van der Waals surface area contributed by atoms with Crippen LogP contribution in [0.25, 0.3) is 0 Å². The van der Waals surface area contributed by atoms with E-state index in [9.17, 15) is 0 Å². The average molecular weight is 164 g/mol. The summed E-state index contributed by atoms with van der Waals surface area (Å²) in [7, 11) is 1.71. The first-order chi connectivity index (χ1) is 5.77. The standard InChI is InChI=1S/C11H16O/c1-4-5-10-6-7-11(12-3)9(2)8-10/h6-8H,4-5H2,1-3H3. The first-order valence-corrected chi connectivity index (χ1v) is 4.41. The van der Waals surface area contributed by atoms with Crippen molar-refractivity contribution >= 4 is 0 Å². The first-order valence-electron chi connectivity index (χ1n) is 4.41. The number of ether oxygens (including phenoxy) is 1. The molecule has 0 radical (unpaired) electrons. The van der Waals surface area contributed by atoms with Crippen LogP contribution in [0.4, 0.5) is 0 Å². The Bertz CT molecular complexity index is 253. The second-order valence-corrected chi connectivity index (χ2v) is 3.05. The van der Waals surface area contributed by atoms with Gasteiger partial charge in [0.2, 0.25) is 0 Å². The van der Waals surface area contributed by atoms with Crippen LogP contribution in [0, 0.1) is 6.92 Å². The Morgan fingerprint density at radius 3 is 2.58 bits per heavy atom. The normalized spacial score (nSPS) is 9.92. The Kier molecular flexibility index (Phi) is 3.15. The lowest BCUT2D eigenvalue weighted by molar-refractivity contribution is 0.411. The SMILES string of the molecule is CCCc1ccc(OC)c(C)c1. The maximum Gasteiger partial charge on any atom is 0.121 e. The smallest absolute Gasteiger partial charge is 0.121 e. The predicted octanol–water partition coefficient (Wildman–Crippen LogP) is 2.96. The van der Waals surface area contributed by atoms with Crippen LogP contribution in [0.1, 0.15) is 24.5 Å². The summed E-state index contributed by atoms with van der Waals surface area (Å²) in [5.41, 5.74) is 2.62. The van der Waals surface area contributed by atoms with Crippen molar-refractivity contribution in [3.05, 3.63) is 29.3 Å². The molecule has 0 heterocycles. The molecule has 0 saturated heterocycles. The summed E-state index contributed by atoms with van der Waals surface area (Å²) in [6, 6.07) is 6.37. The van der Waals surface area contributed by atoms with Gasteiger partial charge in [-0.05, 0) is 30.5 Å². The third kappa shape index (κ3) is 2.00. The van der Waals surface area contributed by atoms with Crippen molar-refractivity contribution in [2.45, 2.75) is 26.7 Å². The molecule has 0 saturated carbocycles. The Hall–Kier alpha value is -0.980. The van der Waals surface area contributed by atoms with Crippen LogP contribution in [0.2, 0.25) is 0 Å². The van der Waals surface area contributed by atoms with Gasteiger partial charge < -0.3 is 4.74 Å². The number of rotatable bonds is 3. The van der Waals surface area contributed by atoms with Crippen LogP contribution in [-0.2, 0) is 6.42 Å². The van der Waals surface area contributed by atoms with Gasteiger partial charge in [-0.1, -0.05) is 25.5 Å². The van der Waals surface area contributed by atoms with E-state index in [2.05, 4.69) is 26.0 Å². The van der Waals surface area contributed by atoms with Crippen molar-refractivity contribution in [3.63, 3.8) is 0 Å². The molecule has 0 spiro atoms. The van der Waals surface area contributed by atoms with Crippen LogP contribution in [0.3, 0.4) is 0 Å². The molecule has 0 aliphatic heterocycles. The highest BCUT2D eigenvalue weighted by Gasteiger charge is 1.98. The summed E-state index contributed by atoms with van der Waals surface area (Å²) >= 11 is 0. The molecular formula is C11H16O. The fourth-order valence-corrected chi connectivity index (χ4v) is 1.38. The molecule has 1 nitrogen and oxygen atoms in total. The molecule has 0 N–H and O–H groups in total. The van der Waals surface area contributed by atoms with Crippen LogP contribution >= 0.6 is 0 Å². The maximum atomic E-state index is 5.18. The molecule has 0 amide bonds. The highest BCUT2D eigenvalue weighted by atomic mass is 16.5. The summed E-state index contributed by atoms with van der Waals surface area (Å²) in [6.45, 7) is 4.28. The quantitative estimate of drug-likeness (QED) is 0.667. The maximum absolute atomic E-state index is 5.18. The van der Waals surface area contributed by atoms with E-state index in [0.29, 0.717) is 0 Å². The third-order valence-electron chi connectivity index (χ3n) is 2.00. The second kappa shape index (κ2) is 4.15. The molecule has 0 bridgehead atoms. The van der Waals surface area contributed by atoms with Gasteiger partial charge >= 0.3 is 0 Å². The zero-order valence-electron chi connectivity index (χ0n) is 8.05. The molecule has 1 rings (SSSR count). The van der Waals surface area contributed by atoms with Gasteiger partial charge in [0, 0.05) is 0 Å². The third-order valence-corrected chi connectivity index (χ3v) is 2.00. The van der Waals surface area contributed by atoms with Gasteiger partial charge in [0.05, 0.1) is 7.11 Å². The number of aryl methyl sites for hydroxylation is 2. The van der Waals surface area contributed by atoms with Gasteiger partial charge in [-0.25, -0.2) is 0 Å². The van der Waals surface area contributed by atoms with Crippen molar-refractivity contribution in [2.24, 2.45) is 0 Å². The average Bonchev–Trinajstić information content (AvgIpc) is 2.05. The van der Waals surface area contributed by atoms with Crippen molar-refractivity contribution in [1.82, 2.24) is 0 Å². The molecule has 0 aliphatic carbocycles. The minimum Gasteiger partial charge on any atom is -0.496 e. The summed E-state index contributed by atoms with van der Waals surface area (Å²) in [6.07, 6.45) is 2.36. The largest absolute Gasteiger partial charge is 0.496 e. The molecule has 0 atom stereocenters. The minimum atomic E-state index is 0.981. The Morgan fingerprint density at radius 2 is 2.08 bits per heavy atom. The van der Waals surface area contributed by atoms with Crippen LogP contribution in [0.5, 0.6) is 5.75 Å². The van der Waals surface area contributed by atoms with E-state index in [1.165, 1.54) is 17.5 Å². The molecule has 0 aliphatic rings. The fourth-order valence-electron chi connectivity index (χ4n) is 1.38. The van der Waals surface area contributed by atoms with Crippen molar-refractivity contribution in [3.8, 4) is 5.75 Å². The topological polar surface area (TPSA) is 9.23 Å². The monoisotopic (exact) mass is 164 g/mol. The zero-order valence-corrected chi connectivity index (χ0v) is 8.05. The molecule has 0 fully saturated rings. The van der Waals surface area contributed by atoms with Gasteiger partial charge in [-0.2, -0.15) is 0 Å². The van der Waals surface area contributed by atoms with E-state index in [4.69, 9.17) is 4.74 Å². The van der Waals surface area contributed by atoms with E-state index < -0.39 is 0 Å². The molecule has 12 heavy (non-hydrogen) atoms. The minimum absolute atomic E-state index is 0.981. The van der Waals surface area contributed by atoms with Crippen LogP contribution in [-0.4, -0.2) is 7.11 Å². The van der Waals surface area contributed by atoms with Gasteiger partial charge in [0.1, 0.15) is 5.75 Å². The lowest BCUT2D eigenvalue weighted by atomic mass is 10.1. The molecule has 0 aromatic heterocycles. The zero-order chi connectivity index (χ0) is 8.97. The molecule has 1 heteroatoms. The van der Waals surface area contributed by atoms with Crippen LogP contribution in [0.15, 0.2) is 18.2 Å². The summed E-state index contributed by atoms with van der Waals surface area (Å²) in [4.78, 5) is 0. The van der Waals surface area contributed by atoms with Gasteiger partial charge in [-0.15, -0.1) is 0 Å². The lowest BCUT2D eigenvalue weighted by Gasteiger charge is -2.05. The van der Waals surface area contributed by atoms with Gasteiger partial charge in [0.15, 0.2) is 0 Å². The van der Waals surface area contributed by atoms with Crippen LogP contribution < -0.4 is 4.74 Å². The first kappa shape index (κ1) is 9.11. The second-order valence-electron chi connectivity index (χ2n) is 3.05. The Balaban J connectivity index is 2.86. The van der Waals surface area contributed by atoms with E-state index in [1.807, 2.05) is 6.07 Å². The summed E-state index contributed by atoms with van der Waals surface area (Å²) in [5, 5.41) is 0. The number of hydrogen-bond acceptors (Lipinski definition) is 1. The van der Waals surface area contributed by atoms with Gasteiger partial charge in [-0.3, -0.25) is 0 Å². The number of hydrogen-bond donors (Lipinski definition) is 0. The summed E-state index contributed by atoms with van der Waals surface area (Å²) in [5.74, 6) is 0.981. The predicted molar refractivity (Wildman–Crippen MR) is 51.7 cm³/mol. The molecule has 1 aromatic carbocycles. The molecule has 66 valence electrons. The van der Waals surface area contributed by atoms with Gasteiger partial charge in [0.25, 0.3) is 0 Å². The number of methoxy groups -OCH3 is 1. The van der Waals surface area contributed by atoms with E-state index in [-0.39, 0.29) is 0 Å². The molecule has 0 unspecified atom stereocenters. The fraction of sp³-hybridized carbons (Fsp3) is 0.455. The Labute approximate surface area is 74.4 Å². The van der Waals surface area contributed by atoms with Crippen molar-refractivity contribution in [1.29, 1.82) is 0 Å². The highest BCUT2D eigenvalue weighted by Crippen LogP contribution is 2.18. The highest BCUT2D eigenvalue weighted by molar-refractivity contribution is 5.36. The number of benzene rings is 1. The van der Waals surface area contributed by atoms with Crippen molar-refractivity contribution < 1.29 is 4.74 Å². The lowest BCUT2D eigenvalue weighted by Crippen LogP contribution is -1.89. The molecule has 1 aromatic rings. The molecular weight excluding hydrogens is 148 g/mol. The van der Waals surface area contributed by atoms with E-state index >= 15 is 0 Å². The van der Waals surface area contributed by atoms with E-state index in [1.54, 1.807) is 7.11 Å². The van der Waals surface area contributed by atoms with E-state index in [0.717, 1.165) is 12.2 Å². The van der Waals surface area contributed by atoms with Crippen molar-refractivity contribution in [2.75, 3.05) is 7.11 Å².